The summed E-state index contributed by atoms with van der Waals surface area (Å²) in [5.74, 6) is 0.0252. The van der Waals surface area contributed by atoms with E-state index in [4.69, 9.17) is 4.74 Å². The van der Waals surface area contributed by atoms with Crippen LogP contribution in [0.5, 0.6) is 5.75 Å². The summed E-state index contributed by atoms with van der Waals surface area (Å²) in [5.41, 5.74) is 3.07. The molecule has 0 spiro atoms. The molecule has 31 heavy (non-hydrogen) atoms. The molecule has 0 saturated heterocycles. The van der Waals surface area contributed by atoms with Gasteiger partial charge in [-0.25, -0.2) is 12.7 Å². The third kappa shape index (κ3) is 4.80. The minimum atomic E-state index is -3.73. The summed E-state index contributed by atoms with van der Waals surface area (Å²) in [6.45, 7) is 6.16. The maximum atomic E-state index is 13.1. The zero-order valence-corrected chi connectivity index (χ0v) is 19.9. The third-order valence-electron chi connectivity index (χ3n) is 5.93. The smallest absolute Gasteiger partial charge is 0.257 e. The maximum Gasteiger partial charge on any atom is 0.257 e. The molecule has 7 nitrogen and oxygen atoms in total. The Morgan fingerprint density at radius 1 is 1.16 bits per heavy atom. The molecule has 0 aliphatic heterocycles. The molecule has 1 N–H and O–H groups in total. The van der Waals surface area contributed by atoms with Gasteiger partial charge >= 0.3 is 0 Å². The quantitative estimate of drug-likeness (QED) is 0.677. The lowest BCUT2D eigenvalue weighted by Crippen LogP contribution is -2.23. The molecule has 0 radical (unpaired) electrons. The van der Waals surface area contributed by atoms with Crippen LogP contribution in [0.1, 0.15) is 66.8 Å². The number of nitrogens with one attached hydrogen (secondary N) is 1. The number of aromatic nitrogens is 1. The van der Waals surface area contributed by atoms with Crippen LogP contribution in [0.3, 0.4) is 0 Å². The van der Waals surface area contributed by atoms with Crippen LogP contribution in [0.4, 0.5) is 5.69 Å². The van der Waals surface area contributed by atoms with Crippen molar-refractivity contribution in [2.45, 2.75) is 63.8 Å². The average molecular weight is 448 g/mol. The zero-order valence-electron chi connectivity index (χ0n) is 19.1. The number of carbonyl (C=O) groups excluding carboxylic acids is 1. The summed E-state index contributed by atoms with van der Waals surface area (Å²) in [7, 11) is -0.788. The first-order chi connectivity index (χ1) is 14.7. The first kappa shape index (κ1) is 23.3. The molecule has 0 unspecified atom stereocenters. The van der Waals surface area contributed by atoms with Crippen molar-refractivity contribution >= 4 is 21.6 Å². The van der Waals surface area contributed by atoms with Crippen molar-refractivity contribution in [1.82, 2.24) is 8.87 Å². The Morgan fingerprint density at radius 2 is 1.84 bits per heavy atom. The summed E-state index contributed by atoms with van der Waals surface area (Å²) in [6, 6.07) is 7.07. The number of rotatable bonds is 7. The number of benzene rings is 1. The second-order valence-corrected chi connectivity index (χ2v) is 10.4. The highest BCUT2D eigenvalue weighted by atomic mass is 32.2. The minimum Gasteiger partial charge on any atom is -0.492 e. The SMILES string of the molecule is CCOc1ccc(NC(=O)c2cc(C)n(C3CCCCC3)c2C)cc1S(=O)(=O)N(C)C. The largest absolute Gasteiger partial charge is 0.492 e. The molecule has 1 fully saturated rings. The van der Waals surface area contributed by atoms with Gasteiger partial charge in [0, 0.05) is 37.2 Å². The number of hydrogen-bond donors (Lipinski definition) is 1. The number of anilines is 1. The van der Waals surface area contributed by atoms with Gasteiger partial charge in [-0.2, -0.15) is 0 Å². The first-order valence-electron chi connectivity index (χ1n) is 10.9. The van der Waals surface area contributed by atoms with E-state index in [1.54, 1.807) is 19.1 Å². The van der Waals surface area contributed by atoms with Crippen molar-refractivity contribution in [1.29, 1.82) is 0 Å². The molecule has 8 heteroatoms. The Kier molecular flexibility index (Phi) is 7.11. The molecule has 0 bridgehead atoms. The number of hydrogen-bond acceptors (Lipinski definition) is 4. The Balaban J connectivity index is 1.90. The van der Waals surface area contributed by atoms with Gasteiger partial charge in [0.1, 0.15) is 10.6 Å². The van der Waals surface area contributed by atoms with Gasteiger partial charge in [-0.1, -0.05) is 19.3 Å². The van der Waals surface area contributed by atoms with Crippen molar-refractivity contribution in [3.05, 3.63) is 41.2 Å². The standard InChI is InChI=1S/C23H33N3O4S/c1-6-30-21-13-12-18(15-22(21)31(28,29)25(4)5)24-23(27)20-14-16(2)26(17(20)3)19-10-8-7-9-11-19/h12-15,19H,6-11H2,1-5H3,(H,24,27). The molecule has 1 saturated carbocycles. The van der Waals surface area contributed by atoms with Gasteiger partial charge < -0.3 is 14.6 Å². The van der Waals surface area contributed by atoms with E-state index in [2.05, 4.69) is 9.88 Å². The van der Waals surface area contributed by atoms with Gasteiger partial charge in [-0.15, -0.1) is 0 Å². The molecule has 2 aromatic rings. The van der Waals surface area contributed by atoms with Gasteiger partial charge in [0.2, 0.25) is 10.0 Å². The molecular formula is C23H33N3O4S. The summed E-state index contributed by atoms with van der Waals surface area (Å²) in [5, 5.41) is 2.87. The summed E-state index contributed by atoms with van der Waals surface area (Å²) < 4.78 is 34.4. The highest BCUT2D eigenvalue weighted by Crippen LogP contribution is 2.33. The second-order valence-electron chi connectivity index (χ2n) is 8.28. The van der Waals surface area contributed by atoms with Crippen molar-refractivity contribution in [3.63, 3.8) is 0 Å². The van der Waals surface area contributed by atoms with E-state index in [0.717, 1.165) is 28.5 Å². The molecular weight excluding hydrogens is 414 g/mol. The first-order valence-corrected chi connectivity index (χ1v) is 12.3. The summed E-state index contributed by atoms with van der Waals surface area (Å²) in [6.07, 6.45) is 6.00. The normalized spacial score (nSPS) is 15.3. The topological polar surface area (TPSA) is 80.6 Å². The molecule has 170 valence electrons. The lowest BCUT2D eigenvalue weighted by atomic mass is 9.95. The van der Waals surface area contributed by atoms with Gasteiger partial charge in [0.05, 0.1) is 12.2 Å². The van der Waals surface area contributed by atoms with E-state index < -0.39 is 10.0 Å². The third-order valence-corrected chi connectivity index (χ3v) is 7.77. The van der Waals surface area contributed by atoms with Crippen LogP contribution in [0.2, 0.25) is 0 Å². The fourth-order valence-electron chi connectivity index (χ4n) is 4.37. The Hall–Kier alpha value is -2.32. The van der Waals surface area contributed by atoms with Crippen molar-refractivity contribution < 1.29 is 17.9 Å². The van der Waals surface area contributed by atoms with E-state index in [-0.39, 0.29) is 16.6 Å². The van der Waals surface area contributed by atoms with Crippen LogP contribution in [-0.4, -0.2) is 43.9 Å². The van der Waals surface area contributed by atoms with E-state index in [1.807, 2.05) is 19.9 Å². The Bertz CT molecular complexity index is 1050. The van der Waals surface area contributed by atoms with Crippen LogP contribution < -0.4 is 10.1 Å². The molecule has 1 aliphatic rings. The fraction of sp³-hybridized carbons (Fsp3) is 0.522. The second kappa shape index (κ2) is 9.44. The van der Waals surface area contributed by atoms with Crippen LogP contribution in [0.15, 0.2) is 29.2 Å². The lowest BCUT2D eigenvalue weighted by molar-refractivity contribution is 0.102. The number of amides is 1. The number of aryl methyl sites for hydroxylation is 1. The number of ether oxygens (including phenoxy) is 1. The fourth-order valence-corrected chi connectivity index (χ4v) is 5.42. The molecule has 1 aliphatic carbocycles. The van der Waals surface area contributed by atoms with Crippen molar-refractivity contribution in [2.75, 3.05) is 26.0 Å². The maximum absolute atomic E-state index is 13.1. The molecule has 0 atom stereocenters. The molecule has 1 aromatic carbocycles. The predicted octanol–water partition coefficient (Wildman–Crippen LogP) is 4.51. The van der Waals surface area contributed by atoms with E-state index in [9.17, 15) is 13.2 Å². The summed E-state index contributed by atoms with van der Waals surface area (Å²) in [4.78, 5) is 13.1. The van der Waals surface area contributed by atoms with Gasteiger partial charge in [0.15, 0.2) is 0 Å². The molecule has 1 heterocycles. The average Bonchev–Trinajstić information content (AvgIpc) is 3.03. The molecule has 3 rings (SSSR count). The zero-order chi connectivity index (χ0) is 22.8. The van der Waals surface area contributed by atoms with Crippen LogP contribution in [0.25, 0.3) is 0 Å². The van der Waals surface area contributed by atoms with Gasteiger partial charge in [-0.05, 0) is 57.9 Å². The van der Waals surface area contributed by atoms with Crippen molar-refractivity contribution in [3.8, 4) is 5.75 Å². The van der Waals surface area contributed by atoms with Crippen LogP contribution >= 0.6 is 0 Å². The van der Waals surface area contributed by atoms with Crippen molar-refractivity contribution in [2.24, 2.45) is 0 Å². The Morgan fingerprint density at radius 3 is 2.45 bits per heavy atom. The van der Waals surface area contributed by atoms with Gasteiger partial charge in [0.25, 0.3) is 5.91 Å². The molecule has 1 aromatic heterocycles. The monoisotopic (exact) mass is 447 g/mol. The van der Waals surface area contributed by atoms with Crippen LogP contribution in [0, 0.1) is 13.8 Å². The minimum absolute atomic E-state index is 0.0322. The number of nitrogens with zero attached hydrogens (tertiary/aromatic N) is 2. The van der Waals surface area contributed by atoms with E-state index in [0.29, 0.717) is 23.9 Å². The molecule has 1 amide bonds. The highest BCUT2D eigenvalue weighted by molar-refractivity contribution is 7.89. The summed E-state index contributed by atoms with van der Waals surface area (Å²) >= 11 is 0. The lowest BCUT2D eigenvalue weighted by Gasteiger charge is -2.26. The predicted molar refractivity (Wildman–Crippen MR) is 122 cm³/mol. The van der Waals surface area contributed by atoms with Gasteiger partial charge in [-0.3, -0.25) is 4.79 Å². The van der Waals surface area contributed by atoms with E-state index in [1.165, 1.54) is 39.4 Å². The number of sulfonamides is 1. The van der Waals surface area contributed by atoms with E-state index >= 15 is 0 Å². The highest BCUT2D eigenvalue weighted by Gasteiger charge is 2.25. The Labute approximate surface area is 185 Å². The van der Waals surface area contributed by atoms with Crippen LogP contribution in [-0.2, 0) is 10.0 Å². The number of carbonyl (C=O) groups is 1.